The summed E-state index contributed by atoms with van der Waals surface area (Å²) in [6, 6.07) is 18.7. The van der Waals surface area contributed by atoms with Gasteiger partial charge in [0.25, 0.3) is 0 Å². The summed E-state index contributed by atoms with van der Waals surface area (Å²) >= 11 is 0. The maximum absolute atomic E-state index is 14.8. The molecule has 37 heavy (non-hydrogen) atoms. The van der Waals surface area contributed by atoms with Crippen molar-refractivity contribution in [2.45, 2.75) is 71.1 Å². The van der Waals surface area contributed by atoms with Crippen LogP contribution in [-0.4, -0.2) is 0 Å². The molecule has 0 aliphatic heterocycles. The van der Waals surface area contributed by atoms with Gasteiger partial charge in [0.15, 0.2) is 0 Å². The van der Waals surface area contributed by atoms with Crippen molar-refractivity contribution in [2.75, 3.05) is 0 Å². The maximum atomic E-state index is 14.8. The Kier molecular flexibility index (Phi) is 9.72. The van der Waals surface area contributed by atoms with Crippen molar-refractivity contribution in [3.8, 4) is 23.0 Å². The smallest absolute Gasteiger partial charge is 0.142 e. The Bertz CT molecular complexity index is 1190. The van der Waals surface area contributed by atoms with Crippen LogP contribution in [0.2, 0.25) is 0 Å². The monoisotopic (exact) mass is 496 g/mol. The molecule has 0 aromatic heterocycles. The Morgan fingerprint density at radius 1 is 0.757 bits per heavy atom. The summed E-state index contributed by atoms with van der Waals surface area (Å²) in [5.41, 5.74) is 4.44. The highest BCUT2D eigenvalue weighted by molar-refractivity contribution is 5.65. The first-order chi connectivity index (χ1) is 18.1. The van der Waals surface area contributed by atoms with Gasteiger partial charge in [0.2, 0.25) is 0 Å². The molecular weight excluding hydrogens is 458 g/mol. The van der Waals surface area contributed by atoms with Crippen LogP contribution in [0.3, 0.4) is 0 Å². The molecule has 1 aliphatic rings. The van der Waals surface area contributed by atoms with E-state index in [2.05, 4.69) is 37.5 Å². The highest BCUT2D eigenvalue weighted by Crippen LogP contribution is 2.34. The molecule has 0 nitrogen and oxygen atoms in total. The second-order valence-electron chi connectivity index (χ2n) is 10.5. The molecule has 0 atom stereocenters. The van der Waals surface area contributed by atoms with Gasteiger partial charge in [0, 0.05) is 5.56 Å². The van der Waals surface area contributed by atoms with E-state index < -0.39 is 11.6 Å². The maximum Gasteiger partial charge on any atom is 0.142 e. The van der Waals surface area contributed by atoms with E-state index in [4.69, 9.17) is 0 Å². The van der Waals surface area contributed by atoms with Gasteiger partial charge < -0.3 is 0 Å². The summed E-state index contributed by atoms with van der Waals surface area (Å²) < 4.78 is 29.6. The molecule has 4 rings (SSSR count). The van der Waals surface area contributed by atoms with Crippen LogP contribution < -0.4 is 0 Å². The topological polar surface area (TPSA) is 0 Å². The van der Waals surface area contributed by atoms with Crippen molar-refractivity contribution in [3.05, 3.63) is 107 Å². The lowest BCUT2D eigenvalue weighted by molar-refractivity contribution is 0.254. The van der Waals surface area contributed by atoms with E-state index in [9.17, 15) is 8.78 Å². The van der Waals surface area contributed by atoms with Crippen molar-refractivity contribution in [2.24, 2.45) is 11.8 Å². The second kappa shape index (κ2) is 13.4. The molecule has 0 N–H and O–H groups in total. The first-order valence-corrected chi connectivity index (χ1v) is 13.9. The Morgan fingerprint density at radius 2 is 1.32 bits per heavy atom. The van der Waals surface area contributed by atoms with Gasteiger partial charge in [0.05, 0.1) is 5.56 Å². The molecule has 0 radical (unpaired) electrons. The Balaban J connectivity index is 1.35. The van der Waals surface area contributed by atoms with Crippen LogP contribution in [0.15, 0.2) is 73.3 Å². The number of rotatable bonds is 9. The van der Waals surface area contributed by atoms with E-state index in [0.29, 0.717) is 5.56 Å². The number of hydrogen-bond donors (Lipinski definition) is 0. The fraction of sp³-hybridized carbons (Fsp3) is 0.371. The fourth-order valence-electron chi connectivity index (χ4n) is 5.43. The quantitative estimate of drug-likeness (QED) is 0.204. The minimum atomic E-state index is -0.627. The average Bonchev–Trinajstić information content (AvgIpc) is 2.92. The molecule has 0 amide bonds. The summed E-state index contributed by atoms with van der Waals surface area (Å²) in [4.78, 5) is 0. The van der Waals surface area contributed by atoms with E-state index in [0.717, 1.165) is 48.6 Å². The number of allylic oxidation sites excluding steroid dienone is 1. The van der Waals surface area contributed by atoms with Crippen molar-refractivity contribution in [3.63, 3.8) is 0 Å². The summed E-state index contributed by atoms with van der Waals surface area (Å²) in [7, 11) is 0. The van der Waals surface area contributed by atoms with Gasteiger partial charge in [-0.3, -0.25) is 0 Å². The lowest BCUT2D eigenvalue weighted by Crippen LogP contribution is -2.15. The summed E-state index contributed by atoms with van der Waals surface area (Å²) in [5, 5.41) is 0. The third-order valence-corrected chi connectivity index (χ3v) is 7.74. The molecule has 0 saturated heterocycles. The van der Waals surface area contributed by atoms with Crippen LogP contribution in [0.5, 0.6) is 0 Å². The second-order valence-corrected chi connectivity index (χ2v) is 10.5. The average molecular weight is 497 g/mol. The van der Waals surface area contributed by atoms with Gasteiger partial charge in [-0.2, -0.15) is 0 Å². The van der Waals surface area contributed by atoms with Gasteiger partial charge in [-0.25, -0.2) is 8.78 Å². The molecule has 1 saturated carbocycles. The zero-order chi connectivity index (χ0) is 26.0. The molecular formula is C35H38F2. The Labute approximate surface area is 221 Å². The zero-order valence-corrected chi connectivity index (χ0v) is 22.0. The molecule has 0 spiro atoms. The molecule has 2 heteroatoms. The molecule has 1 aliphatic carbocycles. The number of benzene rings is 3. The first kappa shape index (κ1) is 26.9. The van der Waals surface area contributed by atoms with E-state index >= 15 is 0 Å². The standard InChI is InChI=1S/C35H38F2/c1-3-5-7-27-10-14-28(15-11-27)16-17-30-18-21-31(22-19-30)32-24-34(36)33(35(37)25-32)23-20-29-12-8-26(6-4-2)9-13-29/h3,8-9,12-13,18-19,21-22,24-25,27-28H,1,4-7,10-11,14-17H2,2H3. The summed E-state index contributed by atoms with van der Waals surface area (Å²) in [6.07, 6.45) is 14.2. The van der Waals surface area contributed by atoms with Crippen LogP contribution in [0.25, 0.3) is 11.1 Å². The number of halogens is 2. The van der Waals surface area contributed by atoms with Crippen LogP contribution in [-0.2, 0) is 12.8 Å². The van der Waals surface area contributed by atoms with Gasteiger partial charge in [-0.05, 0) is 90.5 Å². The van der Waals surface area contributed by atoms with Crippen molar-refractivity contribution in [1.82, 2.24) is 0 Å². The molecule has 0 bridgehead atoms. The minimum Gasteiger partial charge on any atom is -0.205 e. The highest BCUT2D eigenvalue weighted by atomic mass is 19.1. The van der Waals surface area contributed by atoms with Crippen LogP contribution in [0, 0.1) is 35.3 Å². The van der Waals surface area contributed by atoms with Crippen molar-refractivity contribution < 1.29 is 8.78 Å². The van der Waals surface area contributed by atoms with Crippen LogP contribution >= 0.6 is 0 Å². The first-order valence-electron chi connectivity index (χ1n) is 13.9. The third-order valence-electron chi connectivity index (χ3n) is 7.74. The van der Waals surface area contributed by atoms with E-state index in [1.54, 1.807) is 0 Å². The lowest BCUT2D eigenvalue weighted by Gasteiger charge is -2.28. The molecule has 1 fully saturated rings. The molecule has 0 unspecified atom stereocenters. The predicted octanol–water partition coefficient (Wildman–Crippen LogP) is 9.69. The molecule has 3 aromatic carbocycles. The summed E-state index contributed by atoms with van der Waals surface area (Å²) in [5.74, 6) is 6.03. The largest absolute Gasteiger partial charge is 0.205 e. The van der Waals surface area contributed by atoms with Gasteiger partial charge in [-0.15, -0.1) is 6.58 Å². The zero-order valence-electron chi connectivity index (χ0n) is 22.0. The predicted molar refractivity (Wildman–Crippen MR) is 151 cm³/mol. The van der Waals surface area contributed by atoms with E-state index in [-0.39, 0.29) is 5.56 Å². The molecule has 0 heterocycles. The Hall–Kier alpha value is -3.18. The van der Waals surface area contributed by atoms with Crippen molar-refractivity contribution >= 4 is 0 Å². The van der Waals surface area contributed by atoms with E-state index in [1.807, 2.05) is 42.5 Å². The van der Waals surface area contributed by atoms with Gasteiger partial charge >= 0.3 is 0 Å². The van der Waals surface area contributed by atoms with Crippen LogP contribution in [0.1, 0.15) is 80.5 Å². The summed E-state index contributed by atoms with van der Waals surface area (Å²) in [6.45, 7) is 5.98. The SMILES string of the molecule is C=CCCC1CCC(CCc2ccc(-c3cc(F)c(C#Cc4ccc(CCC)cc4)c(F)c3)cc2)CC1. The van der Waals surface area contributed by atoms with Gasteiger partial charge in [-0.1, -0.05) is 93.3 Å². The molecule has 192 valence electrons. The highest BCUT2D eigenvalue weighted by Gasteiger charge is 2.20. The third kappa shape index (κ3) is 7.65. The van der Waals surface area contributed by atoms with Crippen molar-refractivity contribution in [1.29, 1.82) is 0 Å². The minimum absolute atomic E-state index is 0.183. The number of aryl methyl sites for hydroxylation is 2. The van der Waals surface area contributed by atoms with Crippen LogP contribution in [0.4, 0.5) is 8.78 Å². The lowest BCUT2D eigenvalue weighted by atomic mass is 9.78. The fourth-order valence-corrected chi connectivity index (χ4v) is 5.43. The van der Waals surface area contributed by atoms with E-state index in [1.165, 1.54) is 61.8 Å². The molecule has 3 aromatic rings. The number of hydrogen-bond acceptors (Lipinski definition) is 0. The van der Waals surface area contributed by atoms with Gasteiger partial charge in [0.1, 0.15) is 11.6 Å². The normalized spacial score (nSPS) is 17.2. The Morgan fingerprint density at radius 3 is 1.92 bits per heavy atom.